The maximum atomic E-state index is 4.91. The van der Waals surface area contributed by atoms with Crippen LogP contribution < -0.4 is 9.81 Å². The Labute approximate surface area is 168 Å². The van der Waals surface area contributed by atoms with Gasteiger partial charge in [-0.3, -0.25) is 0 Å². The summed E-state index contributed by atoms with van der Waals surface area (Å²) in [5.41, 5.74) is 3.43. The minimum Gasteiger partial charge on any atom is -0.308 e. The number of benzene rings is 2. The Morgan fingerprint density at radius 1 is 0.846 bits per heavy atom. The second kappa shape index (κ2) is 8.66. The Bertz CT molecular complexity index is 881. The molecule has 0 aliphatic carbocycles. The molecule has 4 nitrogen and oxygen atoms in total. The van der Waals surface area contributed by atoms with Gasteiger partial charge in [-0.15, -0.1) is 28.3 Å². The van der Waals surface area contributed by atoms with E-state index in [0.29, 0.717) is 0 Å². The molecular weight excluding hydrogens is 408 g/mol. The molecule has 3 aromatic rings. The van der Waals surface area contributed by atoms with Crippen LogP contribution in [0, 0.1) is 0 Å². The van der Waals surface area contributed by atoms with E-state index in [4.69, 9.17) is 4.99 Å². The van der Waals surface area contributed by atoms with Crippen LogP contribution >= 0.6 is 28.3 Å². The lowest BCUT2D eigenvalue weighted by Crippen LogP contribution is -2.52. The van der Waals surface area contributed by atoms with Crippen LogP contribution in [0.15, 0.2) is 71.0 Å². The van der Waals surface area contributed by atoms with E-state index in [2.05, 4.69) is 69.5 Å². The first kappa shape index (κ1) is 18.9. The molecule has 26 heavy (non-hydrogen) atoms. The molecule has 1 aromatic heterocycles. The Morgan fingerprint density at radius 3 is 2.12 bits per heavy atom. The lowest BCUT2D eigenvalue weighted by molar-refractivity contribution is 0.287. The monoisotopic (exact) mass is 430 g/mol. The number of nitrogens with zero attached hydrogens (tertiary/aromatic N) is 4. The van der Waals surface area contributed by atoms with E-state index >= 15 is 0 Å². The van der Waals surface area contributed by atoms with Gasteiger partial charge in [-0.1, -0.05) is 48.5 Å². The highest BCUT2D eigenvalue weighted by Crippen LogP contribution is 2.21. The number of para-hydroxylation sites is 1. The lowest BCUT2D eigenvalue weighted by atomic mass is 10.2. The zero-order valence-electron chi connectivity index (χ0n) is 14.8. The zero-order chi connectivity index (χ0) is 17.1. The number of likely N-dealkylation sites (N-methyl/N-ethyl adjacent to an activating group) is 1. The van der Waals surface area contributed by atoms with Crippen molar-refractivity contribution < 1.29 is 0 Å². The summed E-state index contributed by atoms with van der Waals surface area (Å²) in [5.74, 6) is 0. The fourth-order valence-corrected chi connectivity index (χ4v) is 3.99. The molecule has 1 aliphatic heterocycles. The highest BCUT2D eigenvalue weighted by atomic mass is 79.9. The van der Waals surface area contributed by atoms with Gasteiger partial charge >= 0.3 is 0 Å². The van der Waals surface area contributed by atoms with Crippen LogP contribution in [0.2, 0.25) is 0 Å². The molecule has 0 atom stereocenters. The second-order valence-electron chi connectivity index (χ2n) is 6.29. The third-order valence-electron chi connectivity index (χ3n) is 4.50. The smallest absolute Gasteiger partial charge is 0.209 e. The van der Waals surface area contributed by atoms with Gasteiger partial charge in [-0.2, -0.15) is 0 Å². The third-order valence-corrected chi connectivity index (χ3v) is 5.31. The number of rotatable bonds is 3. The van der Waals surface area contributed by atoms with Crippen molar-refractivity contribution in [3.63, 3.8) is 0 Å². The molecule has 4 rings (SSSR count). The summed E-state index contributed by atoms with van der Waals surface area (Å²) < 4.78 is 2.31. The molecule has 136 valence electrons. The molecule has 0 saturated carbocycles. The summed E-state index contributed by atoms with van der Waals surface area (Å²) in [6.07, 6.45) is 0. The van der Waals surface area contributed by atoms with Gasteiger partial charge in [0.05, 0.1) is 11.4 Å². The minimum atomic E-state index is 0. The molecule has 1 fully saturated rings. The Balaban J connectivity index is 0.00000196. The predicted molar refractivity (Wildman–Crippen MR) is 115 cm³/mol. The SMILES string of the molecule is Br.CN1CCN(n2c(-c3ccccc3)csc2=Nc2ccccc2)CC1. The zero-order valence-corrected chi connectivity index (χ0v) is 17.3. The minimum absolute atomic E-state index is 0. The third kappa shape index (κ3) is 4.09. The van der Waals surface area contributed by atoms with Crippen molar-refractivity contribution in [3.05, 3.63) is 70.8 Å². The fourth-order valence-electron chi connectivity index (χ4n) is 3.07. The number of hydrogen-bond donors (Lipinski definition) is 0. The van der Waals surface area contributed by atoms with Crippen LogP contribution in [-0.2, 0) is 0 Å². The van der Waals surface area contributed by atoms with Crippen molar-refractivity contribution in [2.24, 2.45) is 4.99 Å². The number of halogens is 1. The maximum absolute atomic E-state index is 4.91. The standard InChI is InChI=1S/C20H22N4S.BrH/c1-22-12-14-23(15-13-22)24-19(17-8-4-2-5-9-17)16-25-20(24)21-18-10-6-3-7-11-18;/h2-11,16H,12-15H2,1H3;1H. The topological polar surface area (TPSA) is 23.8 Å². The normalized spacial score (nSPS) is 15.7. The molecule has 0 N–H and O–H groups in total. The van der Waals surface area contributed by atoms with Gasteiger partial charge in [0, 0.05) is 37.1 Å². The van der Waals surface area contributed by atoms with E-state index < -0.39 is 0 Å². The first-order valence-corrected chi connectivity index (χ1v) is 9.49. The van der Waals surface area contributed by atoms with E-state index in [0.717, 1.165) is 36.7 Å². The van der Waals surface area contributed by atoms with E-state index in [1.54, 1.807) is 11.3 Å². The number of thiazole rings is 1. The molecule has 2 heterocycles. The first-order chi connectivity index (χ1) is 12.3. The van der Waals surface area contributed by atoms with Gasteiger partial charge in [-0.05, 0) is 19.2 Å². The molecule has 6 heteroatoms. The molecule has 0 unspecified atom stereocenters. The molecule has 0 radical (unpaired) electrons. The summed E-state index contributed by atoms with van der Waals surface area (Å²) in [5, 5.41) is 4.63. The van der Waals surface area contributed by atoms with Crippen molar-refractivity contribution in [1.29, 1.82) is 0 Å². The van der Waals surface area contributed by atoms with Crippen LogP contribution in [0.1, 0.15) is 0 Å². The largest absolute Gasteiger partial charge is 0.308 e. The molecule has 0 spiro atoms. The Morgan fingerprint density at radius 2 is 1.46 bits per heavy atom. The molecule has 1 aliphatic rings. The number of hydrogen-bond acceptors (Lipinski definition) is 4. The van der Waals surface area contributed by atoms with Crippen LogP contribution in [0.5, 0.6) is 0 Å². The molecule has 0 bridgehead atoms. The Kier molecular flexibility index (Phi) is 6.29. The van der Waals surface area contributed by atoms with Crippen molar-refractivity contribution in [3.8, 4) is 11.3 Å². The fraction of sp³-hybridized carbons (Fsp3) is 0.250. The van der Waals surface area contributed by atoms with E-state index in [1.165, 1.54) is 11.3 Å². The summed E-state index contributed by atoms with van der Waals surface area (Å²) in [4.78, 5) is 8.31. The maximum Gasteiger partial charge on any atom is 0.209 e. The van der Waals surface area contributed by atoms with Crippen LogP contribution in [0.3, 0.4) is 0 Å². The average molecular weight is 431 g/mol. The van der Waals surface area contributed by atoms with Crippen LogP contribution in [0.4, 0.5) is 5.69 Å². The van der Waals surface area contributed by atoms with Gasteiger partial charge < -0.3 is 9.91 Å². The van der Waals surface area contributed by atoms with Crippen LogP contribution in [0.25, 0.3) is 11.3 Å². The second-order valence-corrected chi connectivity index (χ2v) is 7.12. The van der Waals surface area contributed by atoms with Gasteiger partial charge in [0.25, 0.3) is 0 Å². The number of piperazine rings is 1. The van der Waals surface area contributed by atoms with E-state index in [-0.39, 0.29) is 17.0 Å². The molecule has 2 aromatic carbocycles. The summed E-state index contributed by atoms with van der Waals surface area (Å²) >= 11 is 1.70. The molecule has 0 amide bonds. The highest BCUT2D eigenvalue weighted by Gasteiger charge is 2.19. The molecule has 1 saturated heterocycles. The van der Waals surface area contributed by atoms with Crippen molar-refractivity contribution in [2.75, 3.05) is 38.2 Å². The van der Waals surface area contributed by atoms with Gasteiger partial charge in [-0.25, -0.2) is 9.67 Å². The van der Waals surface area contributed by atoms with E-state index in [1.807, 2.05) is 18.2 Å². The van der Waals surface area contributed by atoms with Crippen molar-refractivity contribution in [1.82, 2.24) is 9.58 Å². The Hall–Kier alpha value is -1.89. The summed E-state index contributed by atoms with van der Waals surface area (Å²) in [7, 11) is 2.18. The highest BCUT2D eigenvalue weighted by molar-refractivity contribution is 8.93. The lowest BCUT2D eigenvalue weighted by Gasteiger charge is -2.35. The number of aromatic nitrogens is 1. The predicted octanol–water partition coefficient (Wildman–Crippen LogP) is 3.91. The van der Waals surface area contributed by atoms with E-state index in [9.17, 15) is 0 Å². The summed E-state index contributed by atoms with van der Waals surface area (Å²) in [6, 6.07) is 20.8. The molecular formula is C20H23BrN4S. The average Bonchev–Trinajstić information content (AvgIpc) is 3.07. The van der Waals surface area contributed by atoms with Crippen molar-refractivity contribution >= 4 is 34.0 Å². The quantitative estimate of drug-likeness (QED) is 0.628. The van der Waals surface area contributed by atoms with Crippen molar-refractivity contribution in [2.45, 2.75) is 0 Å². The van der Waals surface area contributed by atoms with Gasteiger partial charge in [0.2, 0.25) is 4.80 Å². The van der Waals surface area contributed by atoms with Gasteiger partial charge in [0.15, 0.2) is 0 Å². The first-order valence-electron chi connectivity index (χ1n) is 8.61. The summed E-state index contributed by atoms with van der Waals surface area (Å²) in [6.45, 7) is 4.16. The van der Waals surface area contributed by atoms with Crippen LogP contribution in [-0.4, -0.2) is 42.8 Å². The van der Waals surface area contributed by atoms with Gasteiger partial charge in [0.1, 0.15) is 0 Å².